The molecule has 0 bridgehead atoms. The van der Waals surface area contributed by atoms with Crippen molar-refractivity contribution in [2.75, 3.05) is 0 Å². The first-order valence-corrected chi connectivity index (χ1v) is 7.46. The van der Waals surface area contributed by atoms with Crippen LogP contribution in [0.25, 0.3) is 0 Å². The predicted octanol–water partition coefficient (Wildman–Crippen LogP) is 3.42. The molecule has 104 valence electrons. The van der Waals surface area contributed by atoms with Gasteiger partial charge in [0.05, 0.1) is 11.4 Å². The Labute approximate surface area is 120 Å². The lowest BCUT2D eigenvalue weighted by Crippen LogP contribution is -2.32. The van der Waals surface area contributed by atoms with Gasteiger partial charge in [-0.3, -0.25) is 14.9 Å². The first-order valence-electron chi connectivity index (χ1n) is 7.46. The van der Waals surface area contributed by atoms with E-state index in [-0.39, 0.29) is 0 Å². The summed E-state index contributed by atoms with van der Waals surface area (Å²) in [6.07, 6.45) is 9.07. The van der Waals surface area contributed by atoms with Crippen LogP contribution in [0.3, 0.4) is 0 Å². The summed E-state index contributed by atoms with van der Waals surface area (Å²) in [6, 6.07) is 13.0. The first-order chi connectivity index (χ1) is 9.92. The van der Waals surface area contributed by atoms with Gasteiger partial charge in [0.25, 0.3) is 0 Å². The fraction of sp³-hybridized carbons (Fsp3) is 0.412. The Morgan fingerprint density at radius 3 is 1.85 bits per heavy atom. The van der Waals surface area contributed by atoms with E-state index in [1.165, 1.54) is 25.7 Å². The number of aromatic nitrogens is 2. The Morgan fingerprint density at radius 2 is 1.40 bits per heavy atom. The van der Waals surface area contributed by atoms with E-state index in [9.17, 15) is 0 Å². The van der Waals surface area contributed by atoms with E-state index in [1.54, 1.807) is 0 Å². The van der Waals surface area contributed by atoms with E-state index in [0.717, 1.165) is 24.5 Å². The monoisotopic (exact) mass is 267 g/mol. The molecule has 2 heterocycles. The average Bonchev–Trinajstić information content (AvgIpc) is 3.03. The lowest BCUT2D eigenvalue weighted by molar-refractivity contribution is 0.176. The van der Waals surface area contributed by atoms with Crippen molar-refractivity contribution < 1.29 is 0 Å². The molecule has 2 aromatic heterocycles. The van der Waals surface area contributed by atoms with Crippen LogP contribution in [0, 0.1) is 0 Å². The molecular weight excluding hydrogens is 246 g/mol. The zero-order chi connectivity index (χ0) is 13.6. The third-order valence-electron chi connectivity index (χ3n) is 4.02. The van der Waals surface area contributed by atoms with Crippen molar-refractivity contribution in [3.63, 3.8) is 0 Å². The molecule has 3 rings (SSSR count). The molecule has 0 saturated heterocycles. The van der Waals surface area contributed by atoms with Crippen molar-refractivity contribution >= 4 is 0 Å². The maximum atomic E-state index is 4.47. The minimum atomic E-state index is 0.680. The van der Waals surface area contributed by atoms with Gasteiger partial charge in [-0.25, -0.2) is 0 Å². The van der Waals surface area contributed by atoms with Crippen LogP contribution in [0.1, 0.15) is 37.1 Å². The van der Waals surface area contributed by atoms with Crippen LogP contribution in [0.2, 0.25) is 0 Å². The van der Waals surface area contributed by atoms with Crippen LogP contribution >= 0.6 is 0 Å². The zero-order valence-electron chi connectivity index (χ0n) is 11.8. The van der Waals surface area contributed by atoms with E-state index in [0.29, 0.717) is 6.04 Å². The van der Waals surface area contributed by atoms with Gasteiger partial charge in [-0.15, -0.1) is 0 Å². The second-order valence-corrected chi connectivity index (χ2v) is 5.49. The van der Waals surface area contributed by atoms with Gasteiger partial charge in [-0.2, -0.15) is 0 Å². The smallest absolute Gasteiger partial charge is 0.0544 e. The quantitative estimate of drug-likeness (QED) is 0.831. The fourth-order valence-corrected chi connectivity index (χ4v) is 2.98. The van der Waals surface area contributed by atoms with Crippen LogP contribution in [-0.2, 0) is 13.1 Å². The van der Waals surface area contributed by atoms with Gasteiger partial charge in [-0.1, -0.05) is 25.0 Å². The second kappa shape index (κ2) is 6.62. The lowest BCUT2D eigenvalue weighted by atomic mass is 10.1. The highest BCUT2D eigenvalue weighted by molar-refractivity contribution is 5.07. The molecule has 0 unspecified atom stereocenters. The van der Waals surface area contributed by atoms with Crippen molar-refractivity contribution in [3.8, 4) is 0 Å². The Kier molecular flexibility index (Phi) is 4.38. The second-order valence-electron chi connectivity index (χ2n) is 5.49. The summed E-state index contributed by atoms with van der Waals surface area (Å²) in [5.41, 5.74) is 2.30. The number of pyridine rings is 2. The highest BCUT2D eigenvalue weighted by Crippen LogP contribution is 2.25. The average molecular weight is 267 g/mol. The standard InChI is InChI=1S/C17H21N3/c1-2-10-17(9-1)20(13-15-7-3-5-11-18-15)14-16-8-4-6-12-19-16/h3-8,11-12,17H,1-2,9-10,13-14H2. The van der Waals surface area contributed by atoms with E-state index >= 15 is 0 Å². The minimum absolute atomic E-state index is 0.680. The molecule has 0 aromatic carbocycles. The summed E-state index contributed by atoms with van der Waals surface area (Å²) in [4.78, 5) is 11.5. The molecule has 0 atom stereocenters. The van der Waals surface area contributed by atoms with E-state index in [2.05, 4.69) is 39.1 Å². The highest BCUT2D eigenvalue weighted by atomic mass is 15.2. The van der Waals surface area contributed by atoms with Crippen molar-refractivity contribution in [2.45, 2.75) is 44.8 Å². The normalized spacial score (nSPS) is 15.8. The van der Waals surface area contributed by atoms with Crippen LogP contribution in [0.5, 0.6) is 0 Å². The van der Waals surface area contributed by atoms with Crippen LogP contribution in [-0.4, -0.2) is 20.9 Å². The minimum Gasteiger partial charge on any atom is -0.289 e. The number of rotatable bonds is 5. The molecule has 1 saturated carbocycles. The molecule has 0 N–H and O–H groups in total. The maximum Gasteiger partial charge on any atom is 0.0544 e. The Hall–Kier alpha value is -1.74. The van der Waals surface area contributed by atoms with Gasteiger partial charge in [0, 0.05) is 31.5 Å². The summed E-state index contributed by atoms with van der Waals surface area (Å²) in [5.74, 6) is 0. The molecule has 3 nitrogen and oxygen atoms in total. The van der Waals surface area contributed by atoms with E-state index in [4.69, 9.17) is 0 Å². The van der Waals surface area contributed by atoms with E-state index < -0.39 is 0 Å². The molecule has 0 radical (unpaired) electrons. The number of hydrogen-bond acceptors (Lipinski definition) is 3. The summed E-state index contributed by atoms with van der Waals surface area (Å²) in [7, 11) is 0. The van der Waals surface area contributed by atoms with Gasteiger partial charge in [0.2, 0.25) is 0 Å². The summed E-state index contributed by atoms with van der Waals surface area (Å²) in [6.45, 7) is 1.84. The Balaban J connectivity index is 1.73. The van der Waals surface area contributed by atoms with Gasteiger partial charge in [0.15, 0.2) is 0 Å². The third kappa shape index (κ3) is 3.42. The van der Waals surface area contributed by atoms with Crippen LogP contribution in [0.15, 0.2) is 48.8 Å². The third-order valence-corrected chi connectivity index (χ3v) is 4.02. The lowest BCUT2D eigenvalue weighted by Gasteiger charge is -2.28. The molecule has 1 aliphatic rings. The first kappa shape index (κ1) is 13.3. The summed E-state index contributed by atoms with van der Waals surface area (Å²) < 4.78 is 0. The summed E-state index contributed by atoms with van der Waals surface area (Å²) in [5, 5.41) is 0. The van der Waals surface area contributed by atoms with Crippen molar-refractivity contribution in [2.24, 2.45) is 0 Å². The van der Waals surface area contributed by atoms with Crippen molar-refractivity contribution in [1.82, 2.24) is 14.9 Å². The molecule has 0 aliphatic heterocycles. The van der Waals surface area contributed by atoms with Crippen LogP contribution < -0.4 is 0 Å². The largest absolute Gasteiger partial charge is 0.289 e. The van der Waals surface area contributed by atoms with Gasteiger partial charge >= 0.3 is 0 Å². The zero-order valence-corrected chi connectivity index (χ0v) is 11.8. The molecule has 0 spiro atoms. The van der Waals surface area contributed by atoms with Gasteiger partial charge in [0.1, 0.15) is 0 Å². The molecular formula is C17H21N3. The van der Waals surface area contributed by atoms with Crippen molar-refractivity contribution in [1.29, 1.82) is 0 Å². The highest BCUT2D eigenvalue weighted by Gasteiger charge is 2.23. The summed E-state index contributed by atoms with van der Waals surface area (Å²) >= 11 is 0. The Morgan fingerprint density at radius 1 is 0.850 bits per heavy atom. The number of nitrogens with zero attached hydrogens (tertiary/aromatic N) is 3. The van der Waals surface area contributed by atoms with Crippen LogP contribution in [0.4, 0.5) is 0 Å². The maximum absolute atomic E-state index is 4.47. The fourth-order valence-electron chi connectivity index (χ4n) is 2.98. The molecule has 0 amide bonds. The number of hydrogen-bond donors (Lipinski definition) is 0. The molecule has 3 heteroatoms. The molecule has 1 fully saturated rings. The topological polar surface area (TPSA) is 29.0 Å². The molecule has 20 heavy (non-hydrogen) atoms. The predicted molar refractivity (Wildman–Crippen MR) is 80.0 cm³/mol. The van der Waals surface area contributed by atoms with Gasteiger partial charge in [-0.05, 0) is 37.1 Å². The van der Waals surface area contributed by atoms with E-state index in [1.807, 2.05) is 24.5 Å². The molecule has 1 aliphatic carbocycles. The molecule has 2 aromatic rings. The Bertz CT molecular complexity index is 465. The van der Waals surface area contributed by atoms with Gasteiger partial charge < -0.3 is 0 Å². The van der Waals surface area contributed by atoms with Crippen molar-refractivity contribution in [3.05, 3.63) is 60.2 Å². The SMILES string of the molecule is c1ccc(CN(Cc2ccccn2)C2CCCC2)nc1.